The molecule has 0 atom stereocenters. The number of nitrogens with one attached hydrogen (secondary N) is 2. The highest BCUT2D eigenvalue weighted by Crippen LogP contribution is 2.23. The minimum Gasteiger partial charge on any atom is -0.459 e. The van der Waals surface area contributed by atoms with Gasteiger partial charge >= 0.3 is 0 Å². The molecule has 1 amide bonds. The molecule has 0 fully saturated rings. The van der Waals surface area contributed by atoms with Crippen molar-refractivity contribution in [2.75, 3.05) is 6.54 Å². The summed E-state index contributed by atoms with van der Waals surface area (Å²) in [5.74, 6) is 1.000. The number of rotatable bonds is 8. The fraction of sp³-hybridized carbons (Fsp3) is 0.150. The summed E-state index contributed by atoms with van der Waals surface area (Å²) in [7, 11) is -3.61. The fourth-order valence-electron chi connectivity index (χ4n) is 2.50. The molecule has 2 aromatic carbocycles. The molecule has 146 valence electrons. The first-order valence-electron chi connectivity index (χ1n) is 8.60. The van der Waals surface area contributed by atoms with Crippen LogP contribution in [0.25, 0.3) is 11.3 Å². The van der Waals surface area contributed by atoms with E-state index >= 15 is 0 Å². The van der Waals surface area contributed by atoms with Crippen molar-refractivity contribution in [3.63, 3.8) is 0 Å². The lowest BCUT2D eigenvalue weighted by atomic mass is 10.2. The van der Waals surface area contributed by atoms with Gasteiger partial charge in [-0.05, 0) is 48.5 Å². The topological polar surface area (TPSA) is 88.4 Å². The standard InChI is InChI=1S/C20H19ClN2O4S/c21-16-8-6-15(7-9-16)19-11-10-17(27-19)14-22-20(24)12-13-23-28(25,26)18-4-2-1-3-5-18/h1-11,23H,12-14H2,(H,22,24). The Bertz CT molecular complexity index is 1030. The second-order valence-electron chi connectivity index (χ2n) is 6.01. The predicted octanol–water partition coefficient (Wildman–Crippen LogP) is 3.58. The zero-order valence-electron chi connectivity index (χ0n) is 14.9. The Morgan fingerprint density at radius 3 is 2.39 bits per heavy atom. The van der Waals surface area contributed by atoms with E-state index in [4.69, 9.17) is 16.0 Å². The zero-order valence-corrected chi connectivity index (χ0v) is 16.5. The van der Waals surface area contributed by atoms with Crippen molar-refractivity contribution in [1.29, 1.82) is 0 Å². The van der Waals surface area contributed by atoms with Gasteiger partial charge in [-0.25, -0.2) is 13.1 Å². The van der Waals surface area contributed by atoms with E-state index in [1.54, 1.807) is 36.4 Å². The molecule has 0 spiro atoms. The number of hydrogen-bond acceptors (Lipinski definition) is 4. The van der Waals surface area contributed by atoms with E-state index in [-0.39, 0.29) is 30.3 Å². The van der Waals surface area contributed by atoms with Crippen LogP contribution in [0, 0.1) is 0 Å². The molecule has 0 aliphatic carbocycles. The summed E-state index contributed by atoms with van der Waals surface area (Å²) in [5.41, 5.74) is 0.886. The minimum atomic E-state index is -3.61. The van der Waals surface area contributed by atoms with Gasteiger partial charge in [-0.2, -0.15) is 0 Å². The van der Waals surface area contributed by atoms with Crippen LogP contribution in [0.4, 0.5) is 0 Å². The van der Waals surface area contributed by atoms with Gasteiger partial charge in [-0.3, -0.25) is 4.79 Å². The van der Waals surface area contributed by atoms with E-state index in [9.17, 15) is 13.2 Å². The predicted molar refractivity (Wildman–Crippen MR) is 107 cm³/mol. The number of carbonyl (C=O) groups excluding carboxylic acids is 1. The highest BCUT2D eigenvalue weighted by Gasteiger charge is 2.13. The maximum atomic E-state index is 12.1. The summed E-state index contributed by atoms with van der Waals surface area (Å²) in [6, 6.07) is 18.9. The van der Waals surface area contributed by atoms with E-state index in [0.29, 0.717) is 16.5 Å². The molecule has 28 heavy (non-hydrogen) atoms. The first-order chi connectivity index (χ1) is 13.4. The SMILES string of the molecule is O=C(CCNS(=O)(=O)c1ccccc1)NCc1ccc(-c2ccc(Cl)cc2)o1. The number of amides is 1. The Morgan fingerprint density at radius 2 is 1.68 bits per heavy atom. The maximum Gasteiger partial charge on any atom is 0.240 e. The smallest absolute Gasteiger partial charge is 0.240 e. The molecule has 3 aromatic rings. The van der Waals surface area contributed by atoms with E-state index in [1.807, 2.05) is 18.2 Å². The van der Waals surface area contributed by atoms with Gasteiger partial charge in [0.15, 0.2) is 0 Å². The molecule has 0 saturated heterocycles. The average molecular weight is 419 g/mol. The van der Waals surface area contributed by atoms with Gasteiger partial charge in [0.25, 0.3) is 0 Å². The molecule has 8 heteroatoms. The molecule has 0 radical (unpaired) electrons. The number of hydrogen-bond donors (Lipinski definition) is 2. The summed E-state index contributed by atoms with van der Waals surface area (Å²) in [6.45, 7) is 0.231. The summed E-state index contributed by atoms with van der Waals surface area (Å²) < 4.78 is 32.3. The number of sulfonamides is 1. The number of benzene rings is 2. The summed E-state index contributed by atoms with van der Waals surface area (Å²) in [6.07, 6.45) is 0.0246. The third kappa shape index (κ3) is 5.45. The molecule has 1 aromatic heterocycles. The van der Waals surface area contributed by atoms with Gasteiger partial charge in [0.1, 0.15) is 11.5 Å². The molecule has 2 N–H and O–H groups in total. The molecule has 1 heterocycles. The lowest BCUT2D eigenvalue weighted by Crippen LogP contribution is -2.30. The van der Waals surface area contributed by atoms with Crippen LogP contribution in [0.2, 0.25) is 5.02 Å². The van der Waals surface area contributed by atoms with Crippen LogP contribution in [0.1, 0.15) is 12.2 Å². The van der Waals surface area contributed by atoms with Crippen LogP contribution >= 0.6 is 11.6 Å². The van der Waals surface area contributed by atoms with Crippen LogP contribution in [-0.2, 0) is 21.4 Å². The average Bonchev–Trinajstić information content (AvgIpc) is 3.16. The molecule has 0 aliphatic rings. The van der Waals surface area contributed by atoms with Crippen molar-refractivity contribution >= 4 is 27.5 Å². The van der Waals surface area contributed by atoms with Crippen molar-refractivity contribution in [3.05, 3.63) is 77.5 Å². The van der Waals surface area contributed by atoms with E-state index in [2.05, 4.69) is 10.0 Å². The molecular weight excluding hydrogens is 400 g/mol. The third-order valence-corrected chi connectivity index (χ3v) is 5.68. The maximum absolute atomic E-state index is 12.1. The van der Waals surface area contributed by atoms with Crippen LogP contribution in [-0.4, -0.2) is 20.9 Å². The second-order valence-corrected chi connectivity index (χ2v) is 8.21. The lowest BCUT2D eigenvalue weighted by Gasteiger charge is -2.07. The van der Waals surface area contributed by atoms with Crippen LogP contribution < -0.4 is 10.0 Å². The largest absolute Gasteiger partial charge is 0.459 e. The number of halogens is 1. The summed E-state index contributed by atoms with van der Waals surface area (Å²) in [4.78, 5) is 12.1. The number of carbonyl (C=O) groups is 1. The van der Waals surface area contributed by atoms with E-state index in [1.165, 1.54) is 12.1 Å². The molecule has 6 nitrogen and oxygen atoms in total. The Balaban J connectivity index is 1.45. The highest BCUT2D eigenvalue weighted by atomic mass is 35.5. The van der Waals surface area contributed by atoms with Crippen molar-refractivity contribution in [2.45, 2.75) is 17.9 Å². The molecule has 0 bridgehead atoms. The summed E-state index contributed by atoms with van der Waals surface area (Å²) in [5, 5.41) is 3.35. The van der Waals surface area contributed by atoms with E-state index in [0.717, 1.165) is 5.56 Å². The van der Waals surface area contributed by atoms with Crippen LogP contribution in [0.5, 0.6) is 0 Å². The van der Waals surface area contributed by atoms with Gasteiger partial charge in [-0.1, -0.05) is 29.8 Å². The normalized spacial score (nSPS) is 11.3. The fourth-order valence-corrected chi connectivity index (χ4v) is 3.68. The van der Waals surface area contributed by atoms with Crippen LogP contribution in [0.3, 0.4) is 0 Å². The quantitative estimate of drug-likeness (QED) is 0.585. The van der Waals surface area contributed by atoms with Crippen LogP contribution in [0.15, 0.2) is 76.0 Å². The molecule has 3 rings (SSSR count). The van der Waals surface area contributed by atoms with Crippen molar-refractivity contribution in [1.82, 2.24) is 10.0 Å². The van der Waals surface area contributed by atoms with Gasteiger partial charge in [0.05, 0.1) is 11.4 Å². The third-order valence-electron chi connectivity index (χ3n) is 3.95. The Hall–Kier alpha value is -2.61. The second kappa shape index (κ2) is 9.05. The molecule has 0 unspecified atom stereocenters. The van der Waals surface area contributed by atoms with Gasteiger partial charge < -0.3 is 9.73 Å². The highest BCUT2D eigenvalue weighted by molar-refractivity contribution is 7.89. The van der Waals surface area contributed by atoms with E-state index < -0.39 is 10.0 Å². The van der Waals surface area contributed by atoms with Crippen molar-refractivity contribution in [2.24, 2.45) is 0 Å². The number of furan rings is 1. The van der Waals surface area contributed by atoms with Gasteiger partial charge in [0, 0.05) is 23.6 Å². The molecular formula is C20H19ClN2O4S. The van der Waals surface area contributed by atoms with Crippen molar-refractivity contribution < 1.29 is 17.6 Å². The first-order valence-corrected chi connectivity index (χ1v) is 10.5. The lowest BCUT2D eigenvalue weighted by molar-refractivity contribution is -0.121. The minimum absolute atomic E-state index is 0.0112. The molecule has 0 saturated carbocycles. The van der Waals surface area contributed by atoms with Crippen molar-refractivity contribution in [3.8, 4) is 11.3 Å². The Morgan fingerprint density at radius 1 is 0.964 bits per heavy atom. The van der Waals surface area contributed by atoms with Gasteiger partial charge in [-0.15, -0.1) is 0 Å². The molecule has 0 aliphatic heterocycles. The Labute approximate surface area is 168 Å². The summed E-state index contributed by atoms with van der Waals surface area (Å²) >= 11 is 5.87. The Kier molecular flexibility index (Phi) is 6.51. The van der Waals surface area contributed by atoms with Gasteiger partial charge in [0.2, 0.25) is 15.9 Å². The monoisotopic (exact) mass is 418 g/mol. The zero-order chi connectivity index (χ0) is 20.0. The first kappa shape index (κ1) is 20.1.